The number of aromatic hydroxyl groups is 1. The van der Waals surface area contributed by atoms with E-state index in [1.165, 1.54) is 11.6 Å². The van der Waals surface area contributed by atoms with Crippen LogP contribution in [0.4, 0.5) is 0 Å². The van der Waals surface area contributed by atoms with Crippen LogP contribution < -0.4 is 9.47 Å². The predicted molar refractivity (Wildman–Crippen MR) is 107 cm³/mol. The van der Waals surface area contributed by atoms with E-state index in [4.69, 9.17) is 9.47 Å². The molecule has 4 nitrogen and oxygen atoms in total. The Balaban J connectivity index is 1.54. The van der Waals surface area contributed by atoms with Crippen LogP contribution in [0.1, 0.15) is 48.8 Å². The van der Waals surface area contributed by atoms with E-state index < -0.39 is 0 Å². The molecular formula is C24H22O4. The lowest BCUT2D eigenvalue weighted by Crippen LogP contribution is -2.20. The lowest BCUT2D eigenvalue weighted by atomic mass is 9.86. The van der Waals surface area contributed by atoms with Gasteiger partial charge in [0.15, 0.2) is 0 Å². The number of benzene rings is 3. The van der Waals surface area contributed by atoms with E-state index >= 15 is 0 Å². The van der Waals surface area contributed by atoms with E-state index in [1.54, 1.807) is 6.07 Å². The van der Waals surface area contributed by atoms with Crippen LogP contribution in [-0.2, 0) is 4.79 Å². The highest BCUT2D eigenvalue weighted by molar-refractivity contribution is 5.78. The molecule has 0 fully saturated rings. The average Bonchev–Trinajstić information content (AvgIpc) is 2.68. The minimum atomic E-state index is -0.298. The first kappa shape index (κ1) is 18.1. The van der Waals surface area contributed by atoms with Crippen molar-refractivity contribution in [2.24, 2.45) is 0 Å². The van der Waals surface area contributed by atoms with Crippen LogP contribution in [0.3, 0.4) is 0 Å². The van der Waals surface area contributed by atoms with Crippen molar-refractivity contribution in [3.05, 3.63) is 83.4 Å². The summed E-state index contributed by atoms with van der Waals surface area (Å²) in [5, 5.41) is 9.65. The molecule has 0 radical (unpaired) electrons. The summed E-state index contributed by atoms with van der Waals surface area (Å²) in [5.74, 6) is 2.13. The molecule has 0 saturated carbocycles. The summed E-state index contributed by atoms with van der Waals surface area (Å²) in [6.45, 7) is 4.32. The minimum Gasteiger partial charge on any atom is -0.508 e. The molecule has 4 rings (SSSR count). The van der Waals surface area contributed by atoms with Crippen LogP contribution in [0.5, 0.6) is 23.0 Å². The lowest BCUT2D eigenvalue weighted by Gasteiger charge is -2.25. The monoisotopic (exact) mass is 374 g/mol. The van der Waals surface area contributed by atoms with Crippen molar-refractivity contribution >= 4 is 5.97 Å². The molecule has 3 aromatic carbocycles. The SMILES string of the molecule is CC(C)c1ccc(Oc2ccc(C3CC(=O)Oc4cc(O)ccc43)cc2)cc1. The summed E-state index contributed by atoms with van der Waals surface area (Å²) in [6.07, 6.45) is 0.272. The Labute approximate surface area is 164 Å². The van der Waals surface area contributed by atoms with Gasteiger partial charge < -0.3 is 14.6 Å². The fraction of sp³-hybridized carbons (Fsp3) is 0.208. The number of phenols is 1. The number of hydrogen-bond acceptors (Lipinski definition) is 4. The average molecular weight is 374 g/mol. The van der Waals surface area contributed by atoms with Crippen LogP contribution in [0.2, 0.25) is 0 Å². The normalized spacial score (nSPS) is 15.8. The highest BCUT2D eigenvalue weighted by Gasteiger charge is 2.28. The molecule has 3 aromatic rings. The standard InChI is InChI=1S/C24H22O4/c1-15(2)16-3-8-19(9-4-16)27-20-10-5-17(6-11-20)22-14-24(26)28-23-13-18(25)7-12-21(22)23/h3-13,15,22,25H,14H2,1-2H3. The molecule has 28 heavy (non-hydrogen) atoms. The summed E-state index contributed by atoms with van der Waals surface area (Å²) in [4.78, 5) is 12.0. The summed E-state index contributed by atoms with van der Waals surface area (Å²) in [6, 6.07) is 20.8. The fourth-order valence-electron chi connectivity index (χ4n) is 3.46. The molecule has 0 spiro atoms. The number of carbonyl (C=O) groups excluding carboxylic acids is 1. The molecule has 1 aliphatic heterocycles. The van der Waals surface area contributed by atoms with Gasteiger partial charge in [0.2, 0.25) is 0 Å². The van der Waals surface area contributed by atoms with E-state index in [9.17, 15) is 9.90 Å². The van der Waals surface area contributed by atoms with Gasteiger partial charge in [-0.25, -0.2) is 0 Å². The van der Waals surface area contributed by atoms with Gasteiger partial charge in [0.25, 0.3) is 0 Å². The van der Waals surface area contributed by atoms with Crippen LogP contribution in [-0.4, -0.2) is 11.1 Å². The second kappa shape index (κ2) is 7.39. The molecule has 142 valence electrons. The number of carbonyl (C=O) groups is 1. The van der Waals surface area contributed by atoms with Crippen molar-refractivity contribution < 1.29 is 19.4 Å². The highest BCUT2D eigenvalue weighted by Crippen LogP contribution is 2.40. The molecule has 1 aliphatic rings. The summed E-state index contributed by atoms with van der Waals surface area (Å²) in [7, 11) is 0. The molecule has 0 amide bonds. The molecule has 0 bridgehead atoms. The van der Waals surface area contributed by atoms with E-state index in [2.05, 4.69) is 26.0 Å². The second-order valence-electron chi connectivity index (χ2n) is 7.35. The zero-order chi connectivity index (χ0) is 19.7. The third kappa shape index (κ3) is 3.72. The number of phenolic OH excluding ortho intramolecular Hbond substituents is 1. The zero-order valence-electron chi connectivity index (χ0n) is 15.9. The first-order valence-electron chi connectivity index (χ1n) is 9.41. The molecule has 1 atom stereocenters. The smallest absolute Gasteiger partial charge is 0.312 e. The Morgan fingerprint density at radius 3 is 2.25 bits per heavy atom. The van der Waals surface area contributed by atoms with Crippen molar-refractivity contribution in [3.63, 3.8) is 0 Å². The van der Waals surface area contributed by atoms with Crippen LogP contribution in [0.15, 0.2) is 66.7 Å². The predicted octanol–water partition coefficient (Wildman–Crippen LogP) is 5.75. The molecule has 1 N–H and O–H groups in total. The maximum absolute atomic E-state index is 12.0. The number of rotatable bonds is 4. The highest BCUT2D eigenvalue weighted by atomic mass is 16.5. The first-order valence-corrected chi connectivity index (χ1v) is 9.41. The lowest BCUT2D eigenvalue weighted by molar-refractivity contribution is -0.135. The molecule has 0 aliphatic carbocycles. The Bertz CT molecular complexity index is 988. The van der Waals surface area contributed by atoms with Crippen molar-refractivity contribution in [3.8, 4) is 23.0 Å². The first-order chi connectivity index (χ1) is 13.5. The van der Waals surface area contributed by atoms with Gasteiger partial charge in [0.05, 0.1) is 6.42 Å². The van der Waals surface area contributed by atoms with E-state index in [1.807, 2.05) is 42.5 Å². The van der Waals surface area contributed by atoms with Gasteiger partial charge in [0, 0.05) is 17.5 Å². The van der Waals surface area contributed by atoms with Gasteiger partial charge in [-0.15, -0.1) is 0 Å². The Kier molecular flexibility index (Phi) is 4.78. The topological polar surface area (TPSA) is 55.8 Å². The van der Waals surface area contributed by atoms with Crippen molar-refractivity contribution in [2.45, 2.75) is 32.1 Å². The summed E-state index contributed by atoms with van der Waals surface area (Å²) < 4.78 is 11.2. The summed E-state index contributed by atoms with van der Waals surface area (Å²) >= 11 is 0. The molecular weight excluding hydrogens is 352 g/mol. The van der Waals surface area contributed by atoms with Gasteiger partial charge in [-0.05, 0) is 47.4 Å². The van der Waals surface area contributed by atoms with Crippen molar-refractivity contribution in [1.29, 1.82) is 0 Å². The number of ether oxygens (including phenoxy) is 2. The van der Waals surface area contributed by atoms with Gasteiger partial charge in [0.1, 0.15) is 23.0 Å². The van der Waals surface area contributed by atoms with E-state index in [0.29, 0.717) is 11.7 Å². The fourth-order valence-corrected chi connectivity index (χ4v) is 3.46. The third-order valence-corrected chi connectivity index (χ3v) is 5.03. The maximum Gasteiger partial charge on any atom is 0.312 e. The van der Waals surface area contributed by atoms with Gasteiger partial charge in [-0.3, -0.25) is 4.79 Å². The molecule has 4 heteroatoms. The van der Waals surface area contributed by atoms with E-state index in [-0.39, 0.29) is 24.1 Å². The van der Waals surface area contributed by atoms with Gasteiger partial charge >= 0.3 is 5.97 Å². The third-order valence-electron chi connectivity index (χ3n) is 5.03. The molecule has 1 heterocycles. The van der Waals surface area contributed by atoms with Crippen LogP contribution in [0, 0.1) is 0 Å². The molecule has 1 unspecified atom stereocenters. The number of hydrogen-bond donors (Lipinski definition) is 1. The molecule has 0 saturated heterocycles. The van der Waals surface area contributed by atoms with E-state index in [0.717, 1.165) is 22.6 Å². The number of esters is 1. The quantitative estimate of drug-likeness (QED) is 0.467. The minimum absolute atomic E-state index is 0.0828. The summed E-state index contributed by atoms with van der Waals surface area (Å²) in [5.41, 5.74) is 3.18. The van der Waals surface area contributed by atoms with Gasteiger partial charge in [-0.1, -0.05) is 44.2 Å². The van der Waals surface area contributed by atoms with Crippen molar-refractivity contribution in [2.75, 3.05) is 0 Å². The molecule has 0 aromatic heterocycles. The van der Waals surface area contributed by atoms with Crippen LogP contribution in [0.25, 0.3) is 0 Å². The van der Waals surface area contributed by atoms with Gasteiger partial charge in [-0.2, -0.15) is 0 Å². The largest absolute Gasteiger partial charge is 0.508 e. The second-order valence-corrected chi connectivity index (χ2v) is 7.35. The van der Waals surface area contributed by atoms with Crippen LogP contribution >= 0.6 is 0 Å². The maximum atomic E-state index is 12.0. The Morgan fingerprint density at radius 2 is 1.61 bits per heavy atom. The van der Waals surface area contributed by atoms with Crippen molar-refractivity contribution in [1.82, 2.24) is 0 Å². The number of fused-ring (bicyclic) bond motifs is 1. The zero-order valence-corrected chi connectivity index (χ0v) is 15.9. The Morgan fingerprint density at radius 1 is 0.964 bits per heavy atom. The Hall–Kier alpha value is -3.27.